The van der Waals surface area contributed by atoms with Crippen molar-refractivity contribution < 1.29 is 9.53 Å². The lowest BCUT2D eigenvalue weighted by molar-refractivity contribution is -0.120. The number of benzene rings is 1. The van der Waals surface area contributed by atoms with Crippen LogP contribution in [0.25, 0.3) is 0 Å². The van der Waals surface area contributed by atoms with E-state index in [1.165, 1.54) is 0 Å². The molecule has 1 heterocycles. The van der Waals surface area contributed by atoms with E-state index in [4.69, 9.17) is 10.5 Å². The predicted molar refractivity (Wildman–Crippen MR) is 60.7 cm³/mol. The lowest BCUT2D eigenvalue weighted by Crippen LogP contribution is -2.42. The number of hydrogen-bond donors (Lipinski definition) is 2. The summed E-state index contributed by atoms with van der Waals surface area (Å²) in [6.07, 6.45) is 1.28. The summed E-state index contributed by atoms with van der Waals surface area (Å²) in [4.78, 5) is 11.3. The predicted octanol–water partition coefficient (Wildman–Crippen LogP) is 0.591. The van der Waals surface area contributed by atoms with Crippen LogP contribution in [0.3, 0.4) is 0 Å². The topological polar surface area (TPSA) is 64.4 Å². The maximum atomic E-state index is 11.3. The van der Waals surface area contributed by atoms with Crippen molar-refractivity contribution in [3.8, 4) is 0 Å². The first kappa shape index (κ1) is 11.1. The zero-order chi connectivity index (χ0) is 11.4. The molecule has 2 atom stereocenters. The first-order chi connectivity index (χ1) is 7.77. The van der Waals surface area contributed by atoms with Crippen LogP contribution in [-0.4, -0.2) is 25.2 Å². The number of carbonyl (C=O) groups is 1. The molecule has 0 spiro atoms. The van der Waals surface area contributed by atoms with Gasteiger partial charge in [0.1, 0.15) is 6.04 Å². The maximum Gasteiger partial charge on any atom is 0.239 e. The van der Waals surface area contributed by atoms with E-state index in [0.717, 1.165) is 18.6 Å². The summed E-state index contributed by atoms with van der Waals surface area (Å²) in [5, 5.41) is 3.14. The number of rotatable bonds is 5. The molecule has 3 N–H and O–H groups in total. The van der Waals surface area contributed by atoms with Crippen molar-refractivity contribution in [2.24, 2.45) is 5.73 Å². The maximum absolute atomic E-state index is 11.3. The van der Waals surface area contributed by atoms with Crippen LogP contribution >= 0.6 is 0 Å². The van der Waals surface area contributed by atoms with E-state index >= 15 is 0 Å². The average molecular weight is 220 g/mol. The van der Waals surface area contributed by atoms with Gasteiger partial charge in [0.05, 0.1) is 6.10 Å². The molecule has 1 saturated heterocycles. The molecule has 2 unspecified atom stereocenters. The molecule has 0 bridgehead atoms. The molecule has 4 nitrogen and oxygen atoms in total. The summed E-state index contributed by atoms with van der Waals surface area (Å²) < 4.78 is 5.28. The van der Waals surface area contributed by atoms with E-state index in [1.807, 2.05) is 30.3 Å². The van der Waals surface area contributed by atoms with Gasteiger partial charge in [-0.3, -0.25) is 10.1 Å². The van der Waals surface area contributed by atoms with E-state index in [2.05, 4.69) is 5.32 Å². The second kappa shape index (κ2) is 5.09. The van der Waals surface area contributed by atoms with E-state index in [-0.39, 0.29) is 12.0 Å². The normalized spacial score (nSPS) is 21.1. The number of carbonyl (C=O) groups excluding carboxylic acids is 1. The van der Waals surface area contributed by atoms with Gasteiger partial charge in [-0.2, -0.15) is 0 Å². The largest absolute Gasteiger partial charge is 0.377 e. The van der Waals surface area contributed by atoms with Gasteiger partial charge in [-0.05, 0) is 12.0 Å². The Labute approximate surface area is 94.8 Å². The van der Waals surface area contributed by atoms with E-state index < -0.39 is 6.04 Å². The molecule has 4 heteroatoms. The summed E-state index contributed by atoms with van der Waals surface area (Å²) in [7, 11) is 0. The first-order valence-electron chi connectivity index (χ1n) is 5.46. The zero-order valence-corrected chi connectivity index (χ0v) is 9.06. The van der Waals surface area contributed by atoms with Crippen molar-refractivity contribution >= 4 is 5.91 Å². The molecular formula is C12H16N2O2. The van der Waals surface area contributed by atoms with E-state index in [9.17, 15) is 4.79 Å². The number of hydrogen-bond acceptors (Lipinski definition) is 3. The Bertz CT molecular complexity index is 349. The van der Waals surface area contributed by atoms with Gasteiger partial charge < -0.3 is 10.5 Å². The molecule has 1 fully saturated rings. The second-order valence-corrected chi connectivity index (χ2v) is 3.94. The van der Waals surface area contributed by atoms with Crippen LogP contribution in [0.4, 0.5) is 0 Å². The Kier molecular flexibility index (Phi) is 3.54. The molecule has 0 aliphatic carbocycles. The van der Waals surface area contributed by atoms with Gasteiger partial charge in [0.25, 0.3) is 0 Å². The Morgan fingerprint density at radius 1 is 1.50 bits per heavy atom. The fourth-order valence-electron chi connectivity index (χ4n) is 1.72. The third-order valence-corrected chi connectivity index (χ3v) is 2.76. The molecule has 1 aliphatic heterocycles. The van der Waals surface area contributed by atoms with Gasteiger partial charge in [-0.25, -0.2) is 0 Å². The highest BCUT2D eigenvalue weighted by Gasteiger charge is 2.22. The smallest absolute Gasteiger partial charge is 0.239 e. The van der Waals surface area contributed by atoms with E-state index in [0.29, 0.717) is 6.54 Å². The van der Waals surface area contributed by atoms with Crippen molar-refractivity contribution in [1.82, 2.24) is 5.32 Å². The summed E-state index contributed by atoms with van der Waals surface area (Å²) in [5.74, 6) is -0.356. The standard InChI is InChI=1S/C12H16N2O2/c13-12(15)11(9-4-2-1-3-5-9)14-8-10-6-7-16-10/h1-5,10-11,14H,6-8H2,(H2,13,15). The lowest BCUT2D eigenvalue weighted by atomic mass is 10.1. The highest BCUT2D eigenvalue weighted by molar-refractivity contribution is 5.81. The van der Waals surface area contributed by atoms with Crippen molar-refractivity contribution in [3.05, 3.63) is 35.9 Å². The summed E-state index contributed by atoms with van der Waals surface area (Å²) in [6.45, 7) is 1.49. The SMILES string of the molecule is NC(=O)C(NCC1CCO1)c1ccccc1. The molecule has 1 aliphatic rings. The van der Waals surface area contributed by atoms with Crippen LogP contribution in [0, 0.1) is 0 Å². The number of primary amides is 1. The van der Waals surface area contributed by atoms with Crippen LogP contribution in [-0.2, 0) is 9.53 Å². The average Bonchev–Trinajstić information content (AvgIpc) is 2.22. The fourth-order valence-corrected chi connectivity index (χ4v) is 1.72. The van der Waals surface area contributed by atoms with Crippen LogP contribution in [0.1, 0.15) is 18.0 Å². The Hall–Kier alpha value is -1.39. The quantitative estimate of drug-likeness (QED) is 0.763. The minimum absolute atomic E-state index is 0.227. The van der Waals surface area contributed by atoms with Crippen molar-refractivity contribution in [3.63, 3.8) is 0 Å². The first-order valence-corrected chi connectivity index (χ1v) is 5.46. The van der Waals surface area contributed by atoms with Crippen LogP contribution in [0.2, 0.25) is 0 Å². The third-order valence-electron chi connectivity index (χ3n) is 2.76. The van der Waals surface area contributed by atoms with Gasteiger partial charge in [0.2, 0.25) is 5.91 Å². The Morgan fingerprint density at radius 3 is 2.69 bits per heavy atom. The van der Waals surface area contributed by atoms with Crippen molar-refractivity contribution in [2.45, 2.75) is 18.6 Å². The monoisotopic (exact) mass is 220 g/mol. The molecular weight excluding hydrogens is 204 g/mol. The van der Waals surface area contributed by atoms with E-state index in [1.54, 1.807) is 0 Å². The summed E-state index contributed by atoms with van der Waals surface area (Å²) in [6, 6.07) is 9.06. The minimum Gasteiger partial charge on any atom is -0.377 e. The highest BCUT2D eigenvalue weighted by Crippen LogP contribution is 2.14. The molecule has 1 aromatic carbocycles. The lowest BCUT2D eigenvalue weighted by Gasteiger charge is -2.28. The van der Waals surface area contributed by atoms with Gasteiger partial charge >= 0.3 is 0 Å². The Morgan fingerprint density at radius 2 is 2.19 bits per heavy atom. The Balaban J connectivity index is 1.96. The third kappa shape index (κ3) is 2.59. The molecule has 16 heavy (non-hydrogen) atoms. The van der Waals surface area contributed by atoms with Gasteiger partial charge in [-0.15, -0.1) is 0 Å². The molecule has 0 saturated carbocycles. The number of nitrogens with one attached hydrogen (secondary N) is 1. The van der Waals surface area contributed by atoms with Crippen molar-refractivity contribution in [2.75, 3.05) is 13.2 Å². The van der Waals surface area contributed by atoms with Crippen LogP contribution in [0.5, 0.6) is 0 Å². The molecule has 1 amide bonds. The number of nitrogens with two attached hydrogens (primary N) is 1. The molecule has 0 aromatic heterocycles. The fraction of sp³-hybridized carbons (Fsp3) is 0.417. The van der Waals surface area contributed by atoms with Gasteiger partial charge in [0, 0.05) is 13.2 Å². The van der Waals surface area contributed by atoms with Gasteiger partial charge in [0.15, 0.2) is 0 Å². The van der Waals surface area contributed by atoms with Crippen molar-refractivity contribution in [1.29, 1.82) is 0 Å². The number of ether oxygens (including phenoxy) is 1. The van der Waals surface area contributed by atoms with Gasteiger partial charge in [-0.1, -0.05) is 30.3 Å². The summed E-state index contributed by atoms with van der Waals surface area (Å²) >= 11 is 0. The molecule has 0 radical (unpaired) electrons. The molecule has 86 valence electrons. The number of amides is 1. The van der Waals surface area contributed by atoms with Crippen LogP contribution < -0.4 is 11.1 Å². The molecule has 2 rings (SSSR count). The minimum atomic E-state index is -0.426. The summed E-state index contributed by atoms with van der Waals surface area (Å²) in [5.41, 5.74) is 6.27. The zero-order valence-electron chi connectivity index (χ0n) is 9.06. The van der Waals surface area contributed by atoms with Crippen LogP contribution in [0.15, 0.2) is 30.3 Å². The molecule has 1 aromatic rings. The second-order valence-electron chi connectivity index (χ2n) is 3.94. The highest BCUT2D eigenvalue weighted by atomic mass is 16.5.